The van der Waals surface area contributed by atoms with E-state index in [-0.39, 0.29) is 18.1 Å². The molecule has 0 radical (unpaired) electrons. The second-order valence-electron chi connectivity index (χ2n) is 8.16. The van der Waals surface area contributed by atoms with Crippen molar-refractivity contribution in [3.63, 3.8) is 0 Å². The van der Waals surface area contributed by atoms with E-state index in [0.29, 0.717) is 30.2 Å². The van der Waals surface area contributed by atoms with Crippen molar-refractivity contribution in [2.24, 2.45) is 5.10 Å². The van der Waals surface area contributed by atoms with Crippen molar-refractivity contribution in [3.8, 4) is 5.75 Å². The van der Waals surface area contributed by atoms with Gasteiger partial charge < -0.3 is 4.74 Å². The molecule has 1 saturated heterocycles. The monoisotopic (exact) mass is 470 g/mol. The quantitative estimate of drug-likeness (QED) is 0.192. The standard InChI is InChI=1S/C27H26N4O4/c1-3-17-35-25-15-11-23(12-16-25)27-29(18-21-7-5-4-6-8-21)19-26(32)30(27)28-20(2)22-9-13-24(14-10-22)31(33)34/h3-16,27H,1,17-19H2,2H3/b28-20-/t27-/m1/s1. The maximum Gasteiger partial charge on any atom is 0.269 e. The number of carbonyl (C=O) groups is 1. The van der Waals surface area contributed by atoms with Gasteiger partial charge >= 0.3 is 0 Å². The molecule has 1 fully saturated rings. The van der Waals surface area contributed by atoms with E-state index in [1.165, 1.54) is 17.1 Å². The molecule has 3 aromatic rings. The van der Waals surface area contributed by atoms with Crippen LogP contribution in [0.2, 0.25) is 0 Å². The normalized spacial score (nSPS) is 16.4. The van der Waals surface area contributed by atoms with Crippen molar-refractivity contribution in [3.05, 3.63) is 118 Å². The lowest BCUT2D eigenvalue weighted by Crippen LogP contribution is -2.29. The lowest BCUT2D eigenvalue weighted by Gasteiger charge is -2.28. The third kappa shape index (κ3) is 5.62. The molecule has 0 aromatic heterocycles. The topological polar surface area (TPSA) is 88.3 Å². The Morgan fingerprint density at radius 1 is 1.11 bits per heavy atom. The van der Waals surface area contributed by atoms with Gasteiger partial charge in [-0.3, -0.25) is 19.8 Å². The van der Waals surface area contributed by atoms with Gasteiger partial charge in [-0.05, 0) is 47.9 Å². The smallest absolute Gasteiger partial charge is 0.269 e. The number of nitrogens with zero attached hydrogens (tertiary/aromatic N) is 4. The lowest BCUT2D eigenvalue weighted by molar-refractivity contribution is -0.384. The van der Waals surface area contributed by atoms with Crippen molar-refractivity contribution in [1.29, 1.82) is 0 Å². The van der Waals surface area contributed by atoms with Crippen LogP contribution in [0.5, 0.6) is 5.75 Å². The average molecular weight is 471 g/mol. The SMILES string of the molecule is C=CCOc1ccc([C@@H]2N(Cc3ccccc3)CC(=O)N2/N=C(/C)c2ccc([N+](=O)[O-])cc2)cc1. The fourth-order valence-corrected chi connectivity index (χ4v) is 3.98. The number of non-ortho nitro benzene ring substituents is 1. The molecule has 1 heterocycles. The molecule has 1 amide bonds. The molecule has 1 aliphatic heterocycles. The Balaban J connectivity index is 1.66. The minimum Gasteiger partial charge on any atom is -0.490 e. The number of hydrogen-bond acceptors (Lipinski definition) is 6. The Labute approximate surface area is 203 Å². The number of ether oxygens (including phenoxy) is 1. The highest BCUT2D eigenvalue weighted by molar-refractivity contribution is 5.99. The van der Waals surface area contributed by atoms with Crippen LogP contribution in [0.25, 0.3) is 0 Å². The van der Waals surface area contributed by atoms with Gasteiger partial charge in [0.2, 0.25) is 0 Å². The van der Waals surface area contributed by atoms with Crippen LogP contribution in [0.15, 0.2) is 96.6 Å². The van der Waals surface area contributed by atoms with E-state index in [1.807, 2.05) is 54.6 Å². The molecule has 8 heteroatoms. The summed E-state index contributed by atoms with van der Waals surface area (Å²) < 4.78 is 5.60. The summed E-state index contributed by atoms with van der Waals surface area (Å²) in [7, 11) is 0. The van der Waals surface area contributed by atoms with Crippen molar-refractivity contribution < 1.29 is 14.5 Å². The predicted octanol–water partition coefficient (Wildman–Crippen LogP) is 4.93. The summed E-state index contributed by atoms with van der Waals surface area (Å²) in [4.78, 5) is 25.7. The summed E-state index contributed by atoms with van der Waals surface area (Å²) in [5, 5.41) is 17.1. The second kappa shape index (κ2) is 10.8. The number of hydrazone groups is 1. The van der Waals surface area contributed by atoms with Crippen LogP contribution < -0.4 is 4.74 Å². The van der Waals surface area contributed by atoms with Gasteiger partial charge in [-0.1, -0.05) is 55.1 Å². The molecular weight excluding hydrogens is 444 g/mol. The minimum atomic E-state index is -0.444. The van der Waals surface area contributed by atoms with Crippen LogP contribution in [-0.2, 0) is 11.3 Å². The lowest BCUT2D eigenvalue weighted by atomic mass is 10.1. The van der Waals surface area contributed by atoms with Crippen molar-refractivity contribution >= 4 is 17.3 Å². The predicted molar refractivity (Wildman–Crippen MR) is 134 cm³/mol. The molecule has 1 aliphatic rings. The maximum atomic E-state index is 13.1. The molecule has 0 spiro atoms. The summed E-state index contributed by atoms with van der Waals surface area (Å²) in [6.45, 7) is 6.66. The Hall–Kier alpha value is -4.30. The first-order valence-corrected chi connectivity index (χ1v) is 11.2. The van der Waals surface area contributed by atoms with Gasteiger partial charge in [-0.2, -0.15) is 5.10 Å². The third-order valence-corrected chi connectivity index (χ3v) is 5.70. The summed E-state index contributed by atoms with van der Waals surface area (Å²) in [5.41, 5.74) is 3.29. The van der Waals surface area contributed by atoms with Crippen LogP contribution in [0.1, 0.15) is 29.8 Å². The molecule has 0 unspecified atom stereocenters. The molecular formula is C27H26N4O4. The molecule has 1 atom stereocenters. The Morgan fingerprint density at radius 3 is 2.43 bits per heavy atom. The van der Waals surface area contributed by atoms with E-state index in [9.17, 15) is 14.9 Å². The zero-order chi connectivity index (χ0) is 24.8. The molecule has 3 aromatic carbocycles. The molecule has 178 valence electrons. The molecule has 0 saturated carbocycles. The van der Waals surface area contributed by atoms with Gasteiger partial charge in [0.05, 0.1) is 17.2 Å². The van der Waals surface area contributed by atoms with Crippen molar-refractivity contribution in [1.82, 2.24) is 9.91 Å². The Bertz CT molecular complexity index is 1220. The van der Waals surface area contributed by atoms with Crippen LogP contribution in [-0.4, -0.2) is 39.6 Å². The van der Waals surface area contributed by atoms with E-state index in [0.717, 1.165) is 11.1 Å². The summed E-state index contributed by atoms with van der Waals surface area (Å²) in [5.74, 6) is 0.587. The van der Waals surface area contributed by atoms with Gasteiger partial charge in [0.15, 0.2) is 0 Å². The number of hydrogen-bond donors (Lipinski definition) is 0. The number of rotatable bonds is 9. The molecule has 0 aliphatic carbocycles. The first-order valence-electron chi connectivity index (χ1n) is 11.2. The van der Waals surface area contributed by atoms with Crippen LogP contribution in [0.4, 0.5) is 5.69 Å². The summed E-state index contributed by atoms with van der Waals surface area (Å²) in [6.07, 6.45) is 1.27. The first kappa shape index (κ1) is 23.8. The zero-order valence-corrected chi connectivity index (χ0v) is 19.4. The molecule has 0 bridgehead atoms. The molecule has 8 nitrogen and oxygen atoms in total. The highest BCUT2D eigenvalue weighted by Crippen LogP contribution is 2.34. The Kier molecular flexibility index (Phi) is 7.32. The van der Waals surface area contributed by atoms with Gasteiger partial charge in [0.25, 0.3) is 11.6 Å². The van der Waals surface area contributed by atoms with E-state index < -0.39 is 11.1 Å². The fourth-order valence-electron chi connectivity index (χ4n) is 3.98. The van der Waals surface area contributed by atoms with Crippen molar-refractivity contribution in [2.75, 3.05) is 13.2 Å². The maximum absolute atomic E-state index is 13.1. The van der Waals surface area contributed by atoms with E-state index >= 15 is 0 Å². The molecule has 4 rings (SSSR count). The number of nitro benzene ring substituents is 1. The largest absolute Gasteiger partial charge is 0.490 e. The van der Waals surface area contributed by atoms with Gasteiger partial charge in [-0.15, -0.1) is 0 Å². The fraction of sp³-hybridized carbons (Fsp3) is 0.185. The van der Waals surface area contributed by atoms with Gasteiger partial charge in [-0.25, -0.2) is 5.01 Å². The first-order chi connectivity index (χ1) is 17.0. The number of carbonyl (C=O) groups excluding carboxylic acids is 1. The van der Waals surface area contributed by atoms with Crippen LogP contribution in [0.3, 0.4) is 0 Å². The van der Waals surface area contributed by atoms with Crippen molar-refractivity contribution in [2.45, 2.75) is 19.6 Å². The zero-order valence-electron chi connectivity index (χ0n) is 19.4. The van der Waals surface area contributed by atoms with Gasteiger partial charge in [0.1, 0.15) is 18.5 Å². The van der Waals surface area contributed by atoms with Crippen LogP contribution in [0, 0.1) is 10.1 Å². The van der Waals surface area contributed by atoms with Crippen LogP contribution >= 0.6 is 0 Å². The summed E-state index contributed by atoms with van der Waals surface area (Å²) in [6, 6.07) is 23.7. The number of amides is 1. The number of benzene rings is 3. The Morgan fingerprint density at radius 2 is 1.80 bits per heavy atom. The molecule has 35 heavy (non-hydrogen) atoms. The third-order valence-electron chi connectivity index (χ3n) is 5.70. The van der Waals surface area contributed by atoms with Gasteiger partial charge in [0, 0.05) is 18.7 Å². The highest BCUT2D eigenvalue weighted by atomic mass is 16.6. The highest BCUT2D eigenvalue weighted by Gasteiger charge is 2.39. The minimum absolute atomic E-state index is 0.00414. The van der Waals surface area contributed by atoms with E-state index in [4.69, 9.17) is 4.74 Å². The van der Waals surface area contributed by atoms with E-state index in [2.05, 4.69) is 16.6 Å². The van der Waals surface area contributed by atoms with E-state index in [1.54, 1.807) is 25.1 Å². The average Bonchev–Trinajstić information content (AvgIpc) is 3.17. The second-order valence-corrected chi connectivity index (χ2v) is 8.16. The summed E-state index contributed by atoms with van der Waals surface area (Å²) >= 11 is 0. The molecule has 0 N–H and O–H groups in total. The number of nitro groups is 1.